The molecule has 0 heterocycles. The first-order valence-corrected chi connectivity index (χ1v) is 7.24. The summed E-state index contributed by atoms with van der Waals surface area (Å²) >= 11 is 0. The van der Waals surface area contributed by atoms with Gasteiger partial charge in [0, 0.05) is 11.8 Å². The van der Waals surface area contributed by atoms with E-state index in [-0.39, 0.29) is 11.8 Å². The minimum absolute atomic E-state index is 0.0705. The summed E-state index contributed by atoms with van der Waals surface area (Å²) in [4.78, 5) is 12.7. The van der Waals surface area contributed by atoms with Crippen LogP contribution in [0, 0.1) is 11.8 Å². The summed E-state index contributed by atoms with van der Waals surface area (Å²) in [5.74, 6) is 1.13. The van der Waals surface area contributed by atoms with E-state index in [0.29, 0.717) is 11.7 Å². The lowest BCUT2D eigenvalue weighted by molar-refractivity contribution is -0.125. The molecule has 0 radical (unpaired) electrons. The Morgan fingerprint density at radius 1 is 1.00 bits per heavy atom. The highest BCUT2D eigenvalue weighted by Gasteiger charge is 2.29. The van der Waals surface area contributed by atoms with E-state index in [1.165, 1.54) is 5.56 Å². The molecule has 1 nitrogen and oxygen atoms in total. The summed E-state index contributed by atoms with van der Waals surface area (Å²) in [7, 11) is 0. The highest BCUT2D eigenvalue weighted by Crippen LogP contribution is 2.32. The number of hydrogen-bond acceptors (Lipinski definition) is 1. The van der Waals surface area contributed by atoms with Crippen LogP contribution in [0.1, 0.15) is 58.4 Å². The van der Waals surface area contributed by atoms with Gasteiger partial charge in [-0.25, -0.2) is 0 Å². The van der Waals surface area contributed by atoms with Gasteiger partial charge in [-0.3, -0.25) is 4.79 Å². The fourth-order valence-corrected chi connectivity index (χ4v) is 2.61. The third-order valence-corrected chi connectivity index (χ3v) is 4.07. The van der Waals surface area contributed by atoms with Gasteiger partial charge in [0.1, 0.15) is 5.78 Å². The molecule has 0 bridgehead atoms. The standard InChI is InChI=1S/C17H26O/c1-5-13(4)16(15-11-9-8-10-12-15)17(18)14(6-2)7-3/h8-14,16H,5-7H2,1-4H3. The van der Waals surface area contributed by atoms with Crippen LogP contribution in [0.5, 0.6) is 0 Å². The lowest BCUT2D eigenvalue weighted by Gasteiger charge is -2.26. The van der Waals surface area contributed by atoms with Gasteiger partial charge in [0.25, 0.3) is 0 Å². The molecular weight excluding hydrogens is 220 g/mol. The van der Waals surface area contributed by atoms with E-state index in [1.807, 2.05) is 18.2 Å². The zero-order valence-corrected chi connectivity index (χ0v) is 12.1. The number of rotatable bonds is 7. The third-order valence-electron chi connectivity index (χ3n) is 4.07. The fourth-order valence-electron chi connectivity index (χ4n) is 2.61. The van der Waals surface area contributed by atoms with E-state index in [4.69, 9.17) is 0 Å². The van der Waals surface area contributed by atoms with Crippen LogP contribution in [0.25, 0.3) is 0 Å². The van der Waals surface area contributed by atoms with Gasteiger partial charge in [-0.1, -0.05) is 64.4 Å². The van der Waals surface area contributed by atoms with E-state index >= 15 is 0 Å². The Labute approximate surface area is 112 Å². The number of ketones is 1. The van der Waals surface area contributed by atoms with Crippen LogP contribution in [-0.2, 0) is 4.79 Å². The van der Waals surface area contributed by atoms with E-state index < -0.39 is 0 Å². The van der Waals surface area contributed by atoms with Gasteiger partial charge in [0.05, 0.1) is 0 Å². The molecule has 0 aliphatic heterocycles. The molecule has 0 fully saturated rings. The molecule has 0 saturated heterocycles. The first kappa shape index (κ1) is 14.9. The quantitative estimate of drug-likeness (QED) is 0.674. The van der Waals surface area contributed by atoms with Gasteiger partial charge in [-0.05, 0) is 24.3 Å². The first-order chi connectivity index (χ1) is 8.65. The molecule has 0 amide bonds. The number of hydrogen-bond donors (Lipinski definition) is 0. The van der Waals surface area contributed by atoms with Gasteiger partial charge in [0.15, 0.2) is 0 Å². The molecule has 1 aromatic carbocycles. The second kappa shape index (κ2) is 7.35. The molecule has 0 saturated carbocycles. The Bertz CT molecular complexity index is 351. The summed E-state index contributed by atoms with van der Waals surface area (Å²) in [6.45, 7) is 8.59. The Balaban J connectivity index is 3.03. The van der Waals surface area contributed by atoms with E-state index in [9.17, 15) is 4.79 Å². The molecule has 100 valence electrons. The second-order valence-electron chi connectivity index (χ2n) is 5.19. The SMILES string of the molecule is CCC(CC)C(=O)C(c1ccccc1)C(C)CC. The predicted molar refractivity (Wildman–Crippen MR) is 77.7 cm³/mol. The minimum Gasteiger partial charge on any atom is -0.299 e. The molecule has 0 aliphatic rings. The maximum Gasteiger partial charge on any atom is 0.143 e. The average Bonchev–Trinajstić information content (AvgIpc) is 2.41. The normalized spacial score (nSPS) is 14.5. The van der Waals surface area contributed by atoms with Crippen LogP contribution in [0.4, 0.5) is 0 Å². The van der Waals surface area contributed by atoms with Crippen LogP contribution in [0.15, 0.2) is 30.3 Å². The van der Waals surface area contributed by atoms with Crippen LogP contribution in [0.3, 0.4) is 0 Å². The molecule has 0 aliphatic carbocycles. The number of carbonyl (C=O) groups excluding carboxylic acids is 1. The van der Waals surface area contributed by atoms with Crippen molar-refractivity contribution in [2.45, 2.75) is 52.9 Å². The first-order valence-electron chi connectivity index (χ1n) is 7.24. The predicted octanol–water partition coefficient (Wildman–Crippen LogP) is 4.82. The highest BCUT2D eigenvalue weighted by molar-refractivity contribution is 5.88. The van der Waals surface area contributed by atoms with Crippen LogP contribution in [0.2, 0.25) is 0 Å². The lowest BCUT2D eigenvalue weighted by Crippen LogP contribution is -2.26. The van der Waals surface area contributed by atoms with Gasteiger partial charge < -0.3 is 0 Å². The van der Waals surface area contributed by atoms with Crippen molar-refractivity contribution in [3.8, 4) is 0 Å². The minimum atomic E-state index is 0.0705. The molecule has 1 aromatic rings. The van der Waals surface area contributed by atoms with Crippen molar-refractivity contribution in [1.29, 1.82) is 0 Å². The molecule has 1 rings (SSSR count). The van der Waals surface area contributed by atoms with Crippen molar-refractivity contribution in [2.24, 2.45) is 11.8 Å². The largest absolute Gasteiger partial charge is 0.299 e. The van der Waals surface area contributed by atoms with E-state index in [1.54, 1.807) is 0 Å². The van der Waals surface area contributed by atoms with Crippen molar-refractivity contribution in [2.75, 3.05) is 0 Å². The van der Waals surface area contributed by atoms with Crippen molar-refractivity contribution in [1.82, 2.24) is 0 Å². The monoisotopic (exact) mass is 246 g/mol. The Morgan fingerprint density at radius 3 is 2.00 bits per heavy atom. The number of benzene rings is 1. The van der Waals surface area contributed by atoms with Gasteiger partial charge in [0.2, 0.25) is 0 Å². The maximum atomic E-state index is 12.7. The van der Waals surface area contributed by atoms with Crippen LogP contribution >= 0.6 is 0 Å². The van der Waals surface area contributed by atoms with Crippen molar-refractivity contribution < 1.29 is 4.79 Å². The van der Waals surface area contributed by atoms with E-state index in [2.05, 4.69) is 39.8 Å². The topological polar surface area (TPSA) is 17.1 Å². The Hall–Kier alpha value is -1.11. The summed E-state index contributed by atoms with van der Waals surface area (Å²) in [5, 5.41) is 0. The highest BCUT2D eigenvalue weighted by atomic mass is 16.1. The summed E-state index contributed by atoms with van der Waals surface area (Å²) in [6, 6.07) is 10.3. The van der Waals surface area contributed by atoms with Gasteiger partial charge in [-0.15, -0.1) is 0 Å². The molecule has 1 heteroatoms. The third kappa shape index (κ3) is 3.44. The molecular formula is C17H26O. The Kier molecular flexibility index (Phi) is 6.11. The van der Waals surface area contributed by atoms with E-state index in [0.717, 1.165) is 19.3 Å². The molecule has 0 N–H and O–H groups in total. The molecule has 0 spiro atoms. The van der Waals surface area contributed by atoms with Gasteiger partial charge in [-0.2, -0.15) is 0 Å². The summed E-state index contributed by atoms with van der Waals surface area (Å²) in [6.07, 6.45) is 2.95. The number of carbonyl (C=O) groups is 1. The average molecular weight is 246 g/mol. The fraction of sp³-hybridized carbons (Fsp3) is 0.588. The summed E-state index contributed by atoms with van der Waals surface area (Å²) in [5.41, 5.74) is 1.18. The van der Waals surface area contributed by atoms with Crippen molar-refractivity contribution in [3.05, 3.63) is 35.9 Å². The second-order valence-corrected chi connectivity index (χ2v) is 5.19. The molecule has 2 atom stereocenters. The van der Waals surface area contributed by atoms with Crippen molar-refractivity contribution in [3.63, 3.8) is 0 Å². The van der Waals surface area contributed by atoms with Gasteiger partial charge >= 0.3 is 0 Å². The molecule has 18 heavy (non-hydrogen) atoms. The molecule has 2 unspecified atom stereocenters. The van der Waals surface area contributed by atoms with Crippen LogP contribution in [-0.4, -0.2) is 5.78 Å². The molecule has 0 aromatic heterocycles. The zero-order chi connectivity index (χ0) is 13.5. The summed E-state index contributed by atoms with van der Waals surface area (Å²) < 4.78 is 0. The Morgan fingerprint density at radius 2 is 1.56 bits per heavy atom. The smallest absolute Gasteiger partial charge is 0.143 e. The maximum absolute atomic E-state index is 12.7. The van der Waals surface area contributed by atoms with Crippen LogP contribution < -0.4 is 0 Å². The number of Topliss-reactive ketones (excluding diaryl/α,β-unsaturated/α-hetero) is 1. The lowest BCUT2D eigenvalue weighted by atomic mass is 9.77. The van der Waals surface area contributed by atoms with Crippen molar-refractivity contribution >= 4 is 5.78 Å². The zero-order valence-electron chi connectivity index (χ0n) is 12.1.